The quantitative estimate of drug-likeness (QED) is 0.484. The second kappa shape index (κ2) is 10.8. The standard InChI is InChI=1S/C32H37N5O5/c1-32(2,3)42-31(41)36-19-25-22(21-12-7-8-13-23(21)33-25)16-27(36)29(39)34-24-14-9-15-35-26(24)17-28(38)37(30(35)40)18-20-10-5-4-6-11-20/h4-8,10-13,24,26-27,33H,9,14-19H2,1-3H3,(H,34,39)/t24-,26+,27?/m0/s1. The van der Waals surface area contributed by atoms with Crippen molar-refractivity contribution in [2.24, 2.45) is 0 Å². The van der Waals surface area contributed by atoms with Crippen molar-refractivity contribution in [3.8, 4) is 0 Å². The average Bonchev–Trinajstić information content (AvgIpc) is 3.32. The number of urea groups is 1. The molecule has 0 spiro atoms. The molecule has 2 fully saturated rings. The fourth-order valence-electron chi connectivity index (χ4n) is 6.42. The van der Waals surface area contributed by atoms with Crippen molar-refractivity contribution in [3.05, 3.63) is 71.4 Å². The Balaban J connectivity index is 1.22. The minimum absolute atomic E-state index is 0.135. The minimum Gasteiger partial charge on any atom is -0.444 e. The molecule has 6 rings (SSSR count). The summed E-state index contributed by atoms with van der Waals surface area (Å²) < 4.78 is 5.70. The molecule has 2 N–H and O–H groups in total. The Morgan fingerprint density at radius 3 is 2.52 bits per heavy atom. The zero-order valence-corrected chi connectivity index (χ0v) is 24.3. The van der Waals surface area contributed by atoms with E-state index in [1.54, 1.807) is 25.7 Å². The summed E-state index contributed by atoms with van der Waals surface area (Å²) in [6.07, 6.45) is 1.25. The van der Waals surface area contributed by atoms with Crippen molar-refractivity contribution >= 4 is 34.8 Å². The molecule has 10 heteroatoms. The number of carbonyl (C=O) groups is 4. The number of hydrogen-bond acceptors (Lipinski definition) is 5. The van der Waals surface area contributed by atoms with Crippen molar-refractivity contribution in [2.75, 3.05) is 6.54 Å². The van der Waals surface area contributed by atoms with E-state index in [2.05, 4.69) is 10.3 Å². The number of nitrogens with one attached hydrogen (secondary N) is 2. The first-order chi connectivity index (χ1) is 20.1. The molecule has 0 aliphatic carbocycles. The molecule has 3 aliphatic rings. The Bertz CT molecular complexity index is 1530. The Morgan fingerprint density at radius 1 is 1.02 bits per heavy atom. The van der Waals surface area contributed by atoms with Crippen LogP contribution < -0.4 is 5.32 Å². The fraction of sp³-hybridized carbons (Fsp3) is 0.438. The molecule has 3 aromatic rings. The van der Waals surface area contributed by atoms with E-state index in [4.69, 9.17) is 4.74 Å². The Morgan fingerprint density at radius 2 is 1.76 bits per heavy atom. The zero-order chi connectivity index (χ0) is 29.6. The van der Waals surface area contributed by atoms with Gasteiger partial charge in [-0.2, -0.15) is 0 Å². The first-order valence-corrected chi connectivity index (χ1v) is 14.6. The molecule has 2 saturated heterocycles. The van der Waals surface area contributed by atoms with Gasteiger partial charge in [-0.25, -0.2) is 9.59 Å². The van der Waals surface area contributed by atoms with Crippen LogP contribution in [0.4, 0.5) is 9.59 Å². The fourth-order valence-corrected chi connectivity index (χ4v) is 6.42. The molecular formula is C32H37N5O5. The molecule has 2 aromatic carbocycles. The highest BCUT2D eigenvalue weighted by Crippen LogP contribution is 2.33. The third kappa shape index (κ3) is 5.33. The van der Waals surface area contributed by atoms with E-state index in [0.717, 1.165) is 27.7 Å². The van der Waals surface area contributed by atoms with Gasteiger partial charge in [-0.1, -0.05) is 48.5 Å². The number of rotatable bonds is 4. The summed E-state index contributed by atoms with van der Waals surface area (Å²) in [4.78, 5) is 61.9. The van der Waals surface area contributed by atoms with Crippen molar-refractivity contribution < 1.29 is 23.9 Å². The van der Waals surface area contributed by atoms with Gasteiger partial charge in [-0.3, -0.25) is 19.4 Å². The summed E-state index contributed by atoms with van der Waals surface area (Å²) in [6, 6.07) is 15.4. The maximum atomic E-state index is 14.0. The van der Waals surface area contributed by atoms with Gasteiger partial charge in [-0.15, -0.1) is 0 Å². The second-order valence-electron chi connectivity index (χ2n) is 12.4. The van der Waals surface area contributed by atoms with Gasteiger partial charge in [0.1, 0.15) is 11.6 Å². The molecule has 10 nitrogen and oxygen atoms in total. The van der Waals surface area contributed by atoms with Crippen LogP contribution in [0.5, 0.6) is 0 Å². The number of benzene rings is 2. The topological polar surface area (TPSA) is 115 Å². The third-order valence-corrected chi connectivity index (χ3v) is 8.39. The maximum absolute atomic E-state index is 14.0. The lowest BCUT2D eigenvalue weighted by Gasteiger charge is -2.47. The van der Waals surface area contributed by atoms with Crippen LogP contribution in [0.25, 0.3) is 10.9 Å². The van der Waals surface area contributed by atoms with E-state index < -0.39 is 29.8 Å². The Labute approximate surface area is 245 Å². The SMILES string of the molecule is CC(C)(C)OC(=O)N1Cc2[nH]c3ccccc3c2CC1C(=O)N[C@H]1CCCN2C(=O)N(Cc3ccccc3)C(=O)C[C@H]12. The van der Waals surface area contributed by atoms with Gasteiger partial charge in [0.2, 0.25) is 11.8 Å². The van der Waals surface area contributed by atoms with Crippen LogP contribution in [0.1, 0.15) is 56.9 Å². The molecule has 1 unspecified atom stereocenters. The number of aromatic amines is 1. The van der Waals surface area contributed by atoms with E-state index >= 15 is 0 Å². The van der Waals surface area contributed by atoms with E-state index in [-0.39, 0.29) is 37.4 Å². The van der Waals surface area contributed by atoms with Crippen molar-refractivity contribution in [2.45, 2.75) is 83.3 Å². The lowest BCUT2D eigenvalue weighted by Crippen LogP contribution is -2.66. The molecule has 5 amide bonds. The summed E-state index contributed by atoms with van der Waals surface area (Å²) in [5.41, 5.74) is 3.01. The van der Waals surface area contributed by atoms with Crippen LogP contribution in [-0.4, -0.2) is 73.9 Å². The van der Waals surface area contributed by atoms with Crippen LogP contribution in [0.2, 0.25) is 0 Å². The van der Waals surface area contributed by atoms with E-state index in [9.17, 15) is 19.2 Å². The number of ether oxygens (including phenoxy) is 1. The molecule has 0 radical (unpaired) electrons. The number of hydrogen-bond donors (Lipinski definition) is 2. The summed E-state index contributed by atoms with van der Waals surface area (Å²) in [6.45, 7) is 6.36. The highest BCUT2D eigenvalue weighted by molar-refractivity contribution is 5.98. The van der Waals surface area contributed by atoms with Crippen molar-refractivity contribution in [1.82, 2.24) is 25.0 Å². The second-order valence-corrected chi connectivity index (χ2v) is 12.4. The molecule has 3 atom stereocenters. The number of amides is 5. The Kier molecular flexibility index (Phi) is 7.16. The number of aromatic nitrogens is 1. The molecule has 0 saturated carbocycles. The summed E-state index contributed by atoms with van der Waals surface area (Å²) in [5.74, 6) is -0.557. The zero-order valence-electron chi connectivity index (χ0n) is 24.3. The van der Waals surface area contributed by atoms with Gasteiger partial charge in [0.05, 0.1) is 19.1 Å². The van der Waals surface area contributed by atoms with E-state index in [0.29, 0.717) is 25.8 Å². The number of piperidine rings is 1. The number of imide groups is 1. The molecule has 3 aliphatic heterocycles. The lowest BCUT2D eigenvalue weighted by molar-refractivity contribution is -0.136. The highest BCUT2D eigenvalue weighted by Gasteiger charge is 2.46. The third-order valence-electron chi connectivity index (χ3n) is 8.39. The Hall–Kier alpha value is -4.34. The molecule has 0 bridgehead atoms. The number of nitrogens with zero attached hydrogens (tertiary/aromatic N) is 3. The van der Waals surface area contributed by atoms with Gasteiger partial charge in [0, 0.05) is 42.0 Å². The van der Waals surface area contributed by atoms with Crippen molar-refractivity contribution in [1.29, 1.82) is 0 Å². The van der Waals surface area contributed by atoms with Crippen LogP contribution in [0.15, 0.2) is 54.6 Å². The van der Waals surface area contributed by atoms with Gasteiger partial charge in [-0.05, 0) is 50.8 Å². The predicted molar refractivity (Wildman–Crippen MR) is 156 cm³/mol. The van der Waals surface area contributed by atoms with E-state index in [1.165, 1.54) is 9.80 Å². The number of para-hydroxylation sites is 1. The monoisotopic (exact) mass is 571 g/mol. The smallest absolute Gasteiger partial charge is 0.411 e. The largest absolute Gasteiger partial charge is 0.444 e. The highest BCUT2D eigenvalue weighted by atomic mass is 16.6. The van der Waals surface area contributed by atoms with Gasteiger partial charge < -0.3 is 19.9 Å². The summed E-state index contributed by atoms with van der Waals surface area (Å²) >= 11 is 0. The maximum Gasteiger partial charge on any atom is 0.411 e. The number of fused-ring (bicyclic) bond motifs is 4. The average molecular weight is 572 g/mol. The van der Waals surface area contributed by atoms with E-state index in [1.807, 2.05) is 54.6 Å². The summed E-state index contributed by atoms with van der Waals surface area (Å²) in [5, 5.41) is 4.18. The van der Waals surface area contributed by atoms with Crippen LogP contribution in [0.3, 0.4) is 0 Å². The summed E-state index contributed by atoms with van der Waals surface area (Å²) in [7, 11) is 0. The predicted octanol–water partition coefficient (Wildman–Crippen LogP) is 4.33. The molecular weight excluding hydrogens is 534 g/mol. The van der Waals surface area contributed by atoms with Crippen LogP contribution >= 0.6 is 0 Å². The number of carbonyl (C=O) groups excluding carboxylic acids is 4. The van der Waals surface area contributed by atoms with Gasteiger partial charge in [0.25, 0.3) is 0 Å². The van der Waals surface area contributed by atoms with Gasteiger partial charge >= 0.3 is 12.1 Å². The first-order valence-electron chi connectivity index (χ1n) is 14.6. The minimum atomic E-state index is -0.800. The van der Waals surface area contributed by atoms with Crippen LogP contribution in [-0.2, 0) is 33.8 Å². The molecule has 220 valence electrons. The lowest BCUT2D eigenvalue weighted by atomic mass is 9.90. The number of H-pyrrole nitrogens is 1. The first kappa shape index (κ1) is 27.8. The molecule has 4 heterocycles. The van der Waals surface area contributed by atoms with Crippen LogP contribution in [0, 0.1) is 0 Å². The molecule has 42 heavy (non-hydrogen) atoms. The van der Waals surface area contributed by atoms with Crippen molar-refractivity contribution in [3.63, 3.8) is 0 Å². The normalized spacial score (nSPS) is 22.5. The molecule has 1 aromatic heterocycles. The van der Waals surface area contributed by atoms with Gasteiger partial charge in [0.15, 0.2) is 0 Å².